The van der Waals surface area contributed by atoms with Crippen LogP contribution in [0.5, 0.6) is 0 Å². The van der Waals surface area contributed by atoms with Crippen molar-refractivity contribution in [2.45, 2.75) is 65.3 Å². The molecule has 146 valence electrons. The summed E-state index contributed by atoms with van der Waals surface area (Å²) in [5.41, 5.74) is 0.866. The van der Waals surface area contributed by atoms with E-state index < -0.39 is 11.5 Å². The van der Waals surface area contributed by atoms with E-state index in [1.807, 2.05) is 0 Å². The maximum atomic E-state index is 13.3. The van der Waals surface area contributed by atoms with E-state index in [0.717, 1.165) is 18.5 Å². The van der Waals surface area contributed by atoms with Crippen molar-refractivity contribution < 1.29 is 19.2 Å². The van der Waals surface area contributed by atoms with Gasteiger partial charge < -0.3 is 14.5 Å². The lowest BCUT2D eigenvalue weighted by Crippen LogP contribution is -2.50. The zero-order valence-electron chi connectivity index (χ0n) is 16.8. The first kappa shape index (κ1) is 19.3. The lowest BCUT2D eigenvalue weighted by Gasteiger charge is -2.31. The van der Waals surface area contributed by atoms with Gasteiger partial charge in [-0.05, 0) is 44.6 Å². The fraction of sp³-hybridized carbons (Fsp3) is 0.600. The molecule has 1 amide bonds. The largest absolute Gasteiger partial charge is 0.480 e. The Balaban J connectivity index is 2.15. The van der Waals surface area contributed by atoms with Gasteiger partial charge >= 0.3 is 5.97 Å². The number of pyridine rings is 1. The lowest BCUT2D eigenvalue weighted by atomic mass is 9.89. The molecule has 2 heterocycles. The number of carbonyl (C=O) groups excluding carboxylic acids is 1. The standard InChI is InChI=1S/C20H27N3O4/c1-19(2,3)10-14-15-12(17(24)23(6)20(4,5)18(25)26)9-13(11-7-8-11)21-16(15)27-22-14/h9,11H,7-8,10H2,1-6H3,(H,25,26). The number of hydrogen-bond acceptors (Lipinski definition) is 5. The summed E-state index contributed by atoms with van der Waals surface area (Å²) in [5.74, 6) is -1.10. The van der Waals surface area contributed by atoms with Gasteiger partial charge in [0, 0.05) is 18.7 Å². The predicted molar refractivity (Wildman–Crippen MR) is 101 cm³/mol. The Morgan fingerprint density at radius 3 is 2.41 bits per heavy atom. The summed E-state index contributed by atoms with van der Waals surface area (Å²) in [7, 11) is 1.51. The molecule has 2 aromatic rings. The third-order valence-electron chi connectivity index (χ3n) is 5.13. The number of aromatic nitrogens is 2. The average molecular weight is 373 g/mol. The number of carboxylic acid groups (broad SMARTS) is 1. The molecule has 7 nitrogen and oxygen atoms in total. The Morgan fingerprint density at radius 2 is 1.89 bits per heavy atom. The second-order valence-corrected chi connectivity index (χ2v) is 9.14. The molecule has 7 heteroatoms. The molecule has 0 spiro atoms. The summed E-state index contributed by atoms with van der Waals surface area (Å²) in [6.07, 6.45) is 2.69. The summed E-state index contributed by atoms with van der Waals surface area (Å²) in [6, 6.07) is 1.79. The van der Waals surface area contributed by atoms with E-state index in [-0.39, 0.29) is 11.3 Å². The van der Waals surface area contributed by atoms with Gasteiger partial charge in [0.15, 0.2) is 0 Å². The Bertz CT molecular complexity index is 904. The van der Waals surface area contributed by atoms with Crippen molar-refractivity contribution in [3.05, 3.63) is 23.0 Å². The maximum absolute atomic E-state index is 13.3. The van der Waals surface area contributed by atoms with Gasteiger partial charge in [-0.25, -0.2) is 9.78 Å². The Kier molecular flexibility index (Phi) is 4.52. The van der Waals surface area contributed by atoms with Crippen LogP contribution < -0.4 is 0 Å². The highest BCUT2D eigenvalue weighted by atomic mass is 16.5. The van der Waals surface area contributed by atoms with Crippen molar-refractivity contribution in [1.29, 1.82) is 0 Å². The molecule has 1 aliphatic carbocycles. The average Bonchev–Trinajstić information content (AvgIpc) is 3.34. The van der Waals surface area contributed by atoms with Gasteiger partial charge in [0.2, 0.25) is 0 Å². The Morgan fingerprint density at radius 1 is 1.26 bits per heavy atom. The van der Waals surface area contributed by atoms with Gasteiger partial charge in [0.05, 0.1) is 16.6 Å². The van der Waals surface area contributed by atoms with E-state index in [1.165, 1.54) is 25.8 Å². The number of amides is 1. The molecule has 0 radical (unpaired) electrons. The maximum Gasteiger partial charge on any atom is 0.329 e. The van der Waals surface area contributed by atoms with Crippen LogP contribution in [0.1, 0.15) is 75.1 Å². The van der Waals surface area contributed by atoms with E-state index in [4.69, 9.17) is 4.52 Å². The molecule has 3 rings (SSSR count). The minimum atomic E-state index is -1.34. The number of aliphatic carboxylic acids is 1. The van der Waals surface area contributed by atoms with Crippen LogP contribution in [0.4, 0.5) is 0 Å². The van der Waals surface area contributed by atoms with Gasteiger partial charge in [0.25, 0.3) is 11.6 Å². The Hall–Kier alpha value is -2.44. The van der Waals surface area contributed by atoms with Crippen LogP contribution in [0.15, 0.2) is 10.6 Å². The number of fused-ring (bicyclic) bond motifs is 1. The molecule has 0 saturated heterocycles. The zero-order chi connectivity index (χ0) is 20.1. The molecular weight excluding hydrogens is 346 g/mol. The van der Waals surface area contributed by atoms with Crippen molar-refractivity contribution in [3.8, 4) is 0 Å². The highest BCUT2D eigenvalue weighted by Crippen LogP contribution is 2.41. The fourth-order valence-corrected chi connectivity index (χ4v) is 2.99. The first-order chi connectivity index (χ1) is 12.4. The fourth-order valence-electron chi connectivity index (χ4n) is 2.99. The summed E-state index contributed by atoms with van der Waals surface area (Å²) < 4.78 is 5.47. The molecule has 27 heavy (non-hydrogen) atoms. The topological polar surface area (TPSA) is 96.5 Å². The monoisotopic (exact) mass is 373 g/mol. The van der Waals surface area contributed by atoms with Crippen LogP contribution in [0.25, 0.3) is 11.1 Å². The minimum Gasteiger partial charge on any atom is -0.480 e. The normalized spacial score (nSPS) is 15.2. The Labute approximate surface area is 158 Å². The number of hydrogen-bond donors (Lipinski definition) is 1. The molecule has 2 aromatic heterocycles. The third kappa shape index (κ3) is 3.68. The number of nitrogens with zero attached hydrogens (tertiary/aromatic N) is 3. The molecule has 1 fully saturated rings. The molecular formula is C20H27N3O4. The molecule has 0 bridgehead atoms. The highest BCUT2D eigenvalue weighted by molar-refractivity contribution is 6.07. The molecule has 0 atom stereocenters. The van der Waals surface area contributed by atoms with Gasteiger partial charge in [-0.2, -0.15) is 0 Å². The zero-order valence-corrected chi connectivity index (χ0v) is 16.8. The van der Waals surface area contributed by atoms with Crippen molar-refractivity contribution in [3.63, 3.8) is 0 Å². The van der Waals surface area contributed by atoms with Crippen LogP contribution in [-0.2, 0) is 11.2 Å². The summed E-state index contributed by atoms with van der Waals surface area (Å²) in [4.78, 5) is 30.7. The van der Waals surface area contributed by atoms with E-state index in [1.54, 1.807) is 6.07 Å². The van der Waals surface area contributed by atoms with Gasteiger partial charge in [0.1, 0.15) is 5.54 Å². The quantitative estimate of drug-likeness (QED) is 0.860. The van der Waals surface area contributed by atoms with Crippen LogP contribution in [-0.4, -0.2) is 44.6 Å². The van der Waals surface area contributed by atoms with Crippen molar-refractivity contribution in [2.24, 2.45) is 5.41 Å². The summed E-state index contributed by atoms with van der Waals surface area (Å²) >= 11 is 0. The lowest BCUT2D eigenvalue weighted by molar-refractivity contribution is -0.147. The molecule has 1 N–H and O–H groups in total. The van der Waals surface area contributed by atoms with Gasteiger partial charge in [-0.1, -0.05) is 25.9 Å². The molecule has 0 unspecified atom stereocenters. The molecule has 0 aliphatic heterocycles. The first-order valence-corrected chi connectivity index (χ1v) is 9.22. The smallest absolute Gasteiger partial charge is 0.329 e. The first-order valence-electron chi connectivity index (χ1n) is 9.22. The number of likely N-dealkylation sites (N-methyl/N-ethyl adjacent to an activating group) is 1. The van der Waals surface area contributed by atoms with Gasteiger partial charge in [-0.3, -0.25) is 4.79 Å². The van der Waals surface area contributed by atoms with Crippen molar-refractivity contribution >= 4 is 23.0 Å². The van der Waals surface area contributed by atoms with E-state index in [0.29, 0.717) is 34.7 Å². The van der Waals surface area contributed by atoms with Crippen molar-refractivity contribution in [2.75, 3.05) is 7.05 Å². The van der Waals surface area contributed by atoms with Crippen LogP contribution in [0.2, 0.25) is 0 Å². The molecule has 1 saturated carbocycles. The van der Waals surface area contributed by atoms with E-state index in [9.17, 15) is 14.7 Å². The minimum absolute atomic E-state index is 0.0501. The van der Waals surface area contributed by atoms with E-state index in [2.05, 4.69) is 30.9 Å². The third-order valence-corrected chi connectivity index (χ3v) is 5.13. The van der Waals surface area contributed by atoms with Crippen LogP contribution in [0, 0.1) is 5.41 Å². The predicted octanol–water partition coefficient (Wildman–Crippen LogP) is 3.62. The second-order valence-electron chi connectivity index (χ2n) is 9.14. The highest BCUT2D eigenvalue weighted by Gasteiger charge is 2.38. The van der Waals surface area contributed by atoms with E-state index >= 15 is 0 Å². The molecule has 1 aliphatic rings. The molecule has 0 aromatic carbocycles. The summed E-state index contributed by atoms with van der Waals surface area (Å²) in [5, 5.41) is 14.3. The SMILES string of the molecule is CN(C(=O)c1cc(C2CC2)nc2onc(CC(C)(C)C)c12)C(C)(C)C(=O)O. The number of rotatable bonds is 5. The second kappa shape index (κ2) is 6.32. The van der Waals surface area contributed by atoms with Crippen molar-refractivity contribution in [1.82, 2.24) is 15.0 Å². The van der Waals surface area contributed by atoms with Crippen LogP contribution in [0.3, 0.4) is 0 Å². The van der Waals surface area contributed by atoms with Crippen LogP contribution >= 0.6 is 0 Å². The van der Waals surface area contributed by atoms with Gasteiger partial charge in [-0.15, -0.1) is 0 Å². The number of carboxylic acids is 1. The summed E-state index contributed by atoms with van der Waals surface area (Å²) in [6.45, 7) is 9.27. The number of carbonyl (C=O) groups is 2.